The number of nitro benzene ring substituents is 3. The highest BCUT2D eigenvalue weighted by Crippen LogP contribution is 2.29. The second-order valence-corrected chi connectivity index (χ2v) is 7.39. The lowest BCUT2D eigenvalue weighted by atomic mass is 10.1. The second kappa shape index (κ2) is 9.70. The van der Waals surface area contributed by atoms with Gasteiger partial charge in [0.2, 0.25) is 5.52 Å². The van der Waals surface area contributed by atoms with Crippen molar-refractivity contribution >= 4 is 39.4 Å². The third kappa shape index (κ3) is 5.06. The van der Waals surface area contributed by atoms with Crippen LogP contribution in [-0.4, -0.2) is 20.5 Å². The molecule has 1 aromatic heterocycles. The van der Waals surface area contributed by atoms with Gasteiger partial charge in [0.05, 0.1) is 20.8 Å². The Bertz CT molecular complexity index is 1500. The highest BCUT2D eigenvalue weighted by atomic mass is 16.6. The van der Waals surface area contributed by atoms with Gasteiger partial charge >= 0.3 is 5.69 Å². The number of nitrogens with zero attached hydrogens (tertiary/aromatic N) is 5. The summed E-state index contributed by atoms with van der Waals surface area (Å²) in [6.45, 7) is 0.177. The summed E-state index contributed by atoms with van der Waals surface area (Å²) in [4.78, 5) is 31.8. The number of nitrogens with one attached hydrogen (secondary N) is 1. The van der Waals surface area contributed by atoms with Gasteiger partial charge in [-0.05, 0) is 18.2 Å². The maximum Gasteiger partial charge on any atom is 0.301 e. The van der Waals surface area contributed by atoms with E-state index in [-0.39, 0.29) is 17.9 Å². The first kappa shape index (κ1) is 22.9. The molecule has 0 bridgehead atoms. The van der Waals surface area contributed by atoms with E-state index in [1.54, 1.807) is 6.07 Å². The fraction of sp³-hybridized carbons (Fsp3) is 0.0435. The van der Waals surface area contributed by atoms with Gasteiger partial charge in [-0.1, -0.05) is 24.3 Å². The summed E-state index contributed by atoms with van der Waals surface area (Å²) in [7, 11) is 0. The molecule has 0 aliphatic carbocycles. The molecule has 12 heteroatoms. The molecule has 174 valence electrons. The predicted molar refractivity (Wildman–Crippen MR) is 127 cm³/mol. The van der Waals surface area contributed by atoms with Crippen molar-refractivity contribution in [2.45, 2.75) is 6.54 Å². The van der Waals surface area contributed by atoms with Gasteiger partial charge in [-0.2, -0.15) is 9.67 Å². The van der Waals surface area contributed by atoms with Crippen molar-refractivity contribution in [2.75, 3.05) is 5.43 Å². The van der Waals surface area contributed by atoms with Gasteiger partial charge in [-0.3, -0.25) is 35.8 Å². The number of hydrazone groups is 1. The van der Waals surface area contributed by atoms with E-state index >= 15 is 0 Å². The number of rotatable bonds is 8. The summed E-state index contributed by atoms with van der Waals surface area (Å²) >= 11 is 0. The van der Waals surface area contributed by atoms with Crippen LogP contribution in [0.3, 0.4) is 0 Å². The number of hydrogen-bond donors (Lipinski definition) is 1. The van der Waals surface area contributed by atoms with Crippen LogP contribution >= 0.6 is 0 Å². The lowest BCUT2D eigenvalue weighted by Gasteiger charge is -2.08. The average Bonchev–Trinajstić information content (AvgIpc) is 2.86. The largest absolute Gasteiger partial charge is 0.301 e. The van der Waals surface area contributed by atoms with Crippen LogP contribution in [0.15, 0.2) is 90.2 Å². The fourth-order valence-electron chi connectivity index (χ4n) is 3.52. The van der Waals surface area contributed by atoms with E-state index in [0.29, 0.717) is 11.3 Å². The lowest BCUT2D eigenvalue weighted by molar-refractivity contribution is -0.655. The van der Waals surface area contributed by atoms with E-state index in [1.165, 1.54) is 24.3 Å². The van der Waals surface area contributed by atoms with Gasteiger partial charge < -0.3 is 0 Å². The molecular weight excluding hydrogens is 456 g/mol. The minimum Gasteiger partial charge on any atom is -0.271 e. The van der Waals surface area contributed by atoms with Crippen LogP contribution in [0.25, 0.3) is 10.9 Å². The van der Waals surface area contributed by atoms with Gasteiger partial charge in [0.15, 0.2) is 12.7 Å². The van der Waals surface area contributed by atoms with Crippen LogP contribution in [-0.2, 0) is 6.54 Å². The molecule has 12 nitrogen and oxygen atoms in total. The van der Waals surface area contributed by atoms with Crippen molar-refractivity contribution in [3.05, 3.63) is 121 Å². The molecule has 0 atom stereocenters. The summed E-state index contributed by atoms with van der Waals surface area (Å²) in [5.41, 5.74) is 3.11. The Morgan fingerprint density at radius 3 is 2.26 bits per heavy atom. The molecule has 0 fully saturated rings. The minimum absolute atomic E-state index is 0.0635. The van der Waals surface area contributed by atoms with Crippen LogP contribution in [0, 0.1) is 30.3 Å². The van der Waals surface area contributed by atoms with Crippen molar-refractivity contribution in [1.82, 2.24) is 0 Å². The first-order valence-corrected chi connectivity index (χ1v) is 10.2. The highest BCUT2D eigenvalue weighted by Gasteiger charge is 2.21. The van der Waals surface area contributed by atoms with Gasteiger partial charge in [0.1, 0.15) is 11.4 Å². The van der Waals surface area contributed by atoms with Crippen molar-refractivity contribution in [2.24, 2.45) is 5.10 Å². The first-order valence-electron chi connectivity index (χ1n) is 10.2. The van der Waals surface area contributed by atoms with E-state index in [1.807, 2.05) is 47.2 Å². The number of anilines is 1. The zero-order valence-electron chi connectivity index (χ0n) is 18.0. The molecule has 35 heavy (non-hydrogen) atoms. The summed E-state index contributed by atoms with van der Waals surface area (Å²) in [5.74, 6) is 0. The van der Waals surface area contributed by atoms with Gasteiger partial charge in [0, 0.05) is 41.3 Å². The zero-order chi connectivity index (χ0) is 24.9. The van der Waals surface area contributed by atoms with E-state index in [4.69, 9.17) is 0 Å². The maximum atomic E-state index is 11.5. The lowest BCUT2D eigenvalue weighted by Crippen LogP contribution is -2.38. The molecule has 0 aliphatic rings. The molecule has 0 aliphatic heterocycles. The molecule has 4 aromatic rings. The van der Waals surface area contributed by atoms with Crippen LogP contribution in [0.5, 0.6) is 0 Å². The number of para-hydroxylation sites is 1. The highest BCUT2D eigenvalue weighted by molar-refractivity contribution is 6.00. The van der Waals surface area contributed by atoms with Gasteiger partial charge in [-0.25, -0.2) is 0 Å². The standard InChI is InChI=1S/C23H17N6O6/c30-27(31)18-8-3-6-17(13-18)21(15-26-12-4-7-16-5-1-2-9-22(16)26)25-24-20-11-10-19(28(32)33)14-23(20)29(34)35/h1-14,24H,15H2/q+1. The molecule has 0 spiro atoms. The summed E-state index contributed by atoms with van der Waals surface area (Å²) in [5, 5.41) is 39.1. The Morgan fingerprint density at radius 1 is 0.800 bits per heavy atom. The molecule has 0 radical (unpaired) electrons. The number of aromatic nitrogens is 1. The molecular formula is C23H17N6O6+. The maximum absolute atomic E-state index is 11.5. The Morgan fingerprint density at radius 2 is 1.51 bits per heavy atom. The Balaban J connectivity index is 1.79. The zero-order valence-corrected chi connectivity index (χ0v) is 18.0. The normalized spacial score (nSPS) is 11.3. The van der Waals surface area contributed by atoms with Crippen LogP contribution < -0.4 is 9.99 Å². The third-order valence-corrected chi connectivity index (χ3v) is 5.20. The smallest absolute Gasteiger partial charge is 0.271 e. The summed E-state index contributed by atoms with van der Waals surface area (Å²) in [6.07, 6.45) is 1.82. The quantitative estimate of drug-likeness (QED) is 0.172. The van der Waals surface area contributed by atoms with E-state index in [0.717, 1.165) is 23.0 Å². The molecule has 1 heterocycles. The van der Waals surface area contributed by atoms with Crippen LogP contribution in [0.2, 0.25) is 0 Å². The SMILES string of the molecule is O=[N+]([O-])c1cccc(C(C[n+]2cccc3ccccc32)=NNc2ccc([N+](=O)[O-])cc2[N+](=O)[O-])c1. The van der Waals surface area contributed by atoms with Crippen LogP contribution in [0.4, 0.5) is 22.7 Å². The molecule has 0 saturated carbocycles. The van der Waals surface area contributed by atoms with Crippen LogP contribution in [0.1, 0.15) is 5.56 Å². The summed E-state index contributed by atoms with van der Waals surface area (Å²) < 4.78 is 1.89. The van der Waals surface area contributed by atoms with Crippen molar-refractivity contribution in [3.63, 3.8) is 0 Å². The first-order chi connectivity index (χ1) is 16.8. The van der Waals surface area contributed by atoms with Crippen molar-refractivity contribution in [1.29, 1.82) is 0 Å². The number of pyridine rings is 1. The molecule has 0 saturated heterocycles. The number of hydrogen-bond acceptors (Lipinski definition) is 8. The Hall–Kier alpha value is -5.26. The Labute approximate surface area is 197 Å². The molecule has 0 unspecified atom stereocenters. The molecule has 1 N–H and O–H groups in total. The van der Waals surface area contributed by atoms with Gasteiger partial charge in [0.25, 0.3) is 11.4 Å². The van der Waals surface area contributed by atoms with E-state index in [2.05, 4.69) is 10.5 Å². The number of nitro groups is 3. The third-order valence-electron chi connectivity index (χ3n) is 5.20. The van der Waals surface area contributed by atoms with Crippen molar-refractivity contribution in [3.8, 4) is 0 Å². The Kier molecular flexibility index (Phi) is 6.35. The topological polar surface area (TPSA) is 158 Å². The van der Waals surface area contributed by atoms with Gasteiger partial charge in [-0.15, -0.1) is 0 Å². The fourth-order valence-corrected chi connectivity index (χ4v) is 3.52. The predicted octanol–water partition coefficient (Wildman–Crippen LogP) is 4.37. The number of fused-ring (bicyclic) bond motifs is 1. The van der Waals surface area contributed by atoms with E-state index < -0.39 is 26.1 Å². The monoisotopic (exact) mass is 473 g/mol. The number of non-ortho nitro benzene ring substituents is 2. The van der Waals surface area contributed by atoms with Crippen molar-refractivity contribution < 1.29 is 19.3 Å². The summed E-state index contributed by atoms with van der Waals surface area (Å²) in [6, 6.07) is 20.4. The number of benzene rings is 3. The molecule has 3 aromatic carbocycles. The average molecular weight is 473 g/mol. The molecule has 0 amide bonds. The second-order valence-electron chi connectivity index (χ2n) is 7.39. The van der Waals surface area contributed by atoms with E-state index in [9.17, 15) is 30.3 Å². The molecule has 4 rings (SSSR count). The minimum atomic E-state index is -0.753.